The first-order valence-electron chi connectivity index (χ1n) is 8.46. The molecule has 138 valence electrons. The van der Waals surface area contributed by atoms with E-state index in [0.717, 1.165) is 14.9 Å². The van der Waals surface area contributed by atoms with E-state index in [1.807, 2.05) is 0 Å². The van der Waals surface area contributed by atoms with E-state index >= 15 is 0 Å². The zero-order valence-corrected chi connectivity index (χ0v) is 14.1. The van der Waals surface area contributed by atoms with Crippen LogP contribution in [0.25, 0.3) is 0 Å². The number of rotatable bonds is 2. The summed E-state index contributed by atoms with van der Waals surface area (Å²) in [7, 11) is 0. The second-order valence-electron chi connectivity index (χ2n) is 6.43. The highest BCUT2D eigenvalue weighted by Crippen LogP contribution is 2.31. The molecule has 0 spiro atoms. The van der Waals surface area contributed by atoms with Crippen molar-refractivity contribution in [2.45, 2.75) is 25.3 Å². The maximum atomic E-state index is 13.2. The molecule has 0 aliphatic carbocycles. The number of amides is 4. The number of aliphatic carboxylic acids is 1. The first-order chi connectivity index (χ1) is 12.9. The topological polar surface area (TPSA) is 115 Å². The van der Waals surface area contributed by atoms with Gasteiger partial charge in [0.05, 0.1) is 11.1 Å². The van der Waals surface area contributed by atoms with Crippen molar-refractivity contribution in [3.8, 4) is 0 Å². The number of hydrogen-bond acceptors (Lipinski definition) is 5. The molecule has 1 atom stereocenters. The van der Waals surface area contributed by atoms with E-state index < -0.39 is 35.6 Å². The van der Waals surface area contributed by atoms with Gasteiger partial charge in [0, 0.05) is 13.0 Å². The number of fused-ring (bicyclic) bond motifs is 2. The van der Waals surface area contributed by atoms with Gasteiger partial charge in [-0.2, -0.15) is 0 Å². The molecule has 9 nitrogen and oxygen atoms in total. The van der Waals surface area contributed by atoms with Crippen LogP contribution in [-0.2, 0) is 14.4 Å². The van der Waals surface area contributed by atoms with Gasteiger partial charge in [-0.1, -0.05) is 12.1 Å². The van der Waals surface area contributed by atoms with Gasteiger partial charge in [-0.25, -0.2) is 14.8 Å². The predicted molar refractivity (Wildman–Crippen MR) is 88.9 cm³/mol. The number of hydrogen-bond donors (Lipinski definition) is 1. The van der Waals surface area contributed by atoms with Gasteiger partial charge in [0.15, 0.2) is 0 Å². The van der Waals surface area contributed by atoms with E-state index in [0.29, 0.717) is 6.42 Å². The van der Waals surface area contributed by atoms with Gasteiger partial charge in [-0.05, 0) is 31.1 Å². The molecule has 3 heterocycles. The third-order valence-electron chi connectivity index (χ3n) is 4.92. The summed E-state index contributed by atoms with van der Waals surface area (Å²) in [5.74, 6) is -3.79. The lowest BCUT2D eigenvalue weighted by Crippen LogP contribution is -2.56. The minimum Gasteiger partial charge on any atom is -0.477 e. The molecule has 9 heteroatoms. The molecule has 1 fully saturated rings. The number of carbonyl (C=O) groups is 5. The van der Waals surface area contributed by atoms with Gasteiger partial charge in [-0.15, -0.1) is 0 Å². The Morgan fingerprint density at radius 2 is 1.67 bits per heavy atom. The van der Waals surface area contributed by atoms with Gasteiger partial charge in [0.1, 0.15) is 11.7 Å². The van der Waals surface area contributed by atoms with Crippen molar-refractivity contribution in [1.82, 2.24) is 14.9 Å². The summed E-state index contributed by atoms with van der Waals surface area (Å²) in [4.78, 5) is 63.4. The fourth-order valence-electron chi connectivity index (χ4n) is 3.68. The maximum Gasteiger partial charge on any atom is 0.354 e. The Balaban J connectivity index is 1.76. The maximum absolute atomic E-state index is 13.2. The average molecular weight is 369 g/mol. The number of carboxylic acids is 1. The number of hydrazine groups is 1. The van der Waals surface area contributed by atoms with E-state index in [4.69, 9.17) is 0 Å². The summed E-state index contributed by atoms with van der Waals surface area (Å²) in [6.07, 6.45) is 1.53. The van der Waals surface area contributed by atoms with Crippen molar-refractivity contribution in [2.75, 3.05) is 6.54 Å². The summed E-state index contributed by atoms with van der Waals surface area (Å²) < 4.78 is 0. The Hall–Kier alpha value is -3.49. The molecule has 27 heavy (non-hydrogen) atoms. The molecular weight excluding hydrogens is 354 g/mol. The van der Waals surface area contributed by atoms with Crippen molar-refractivity contribution in [2.24, 2.45) is 0 Å². The second-order valence-corrected chi connectivity index (χ2v) is 6.43. The molecule has 0 radical (unpaired) electrons. The molecule has 1 N–H and O–H groups in total. The molecule has 0 aromatic heterocycles. The Morgan fingerprint density at radius 3 is 2.26 bits per heavy atom. The summed E-state index contributed by atoms with van der Waals surface area (Å²) in [5, 5.41) is 11.3. The van der Waals surface area contributed by atoms with E-state index in [1.54, 1.807) is 12.1 Å². The molecule has 4 rings (SSSR count). The van der Waals surface area contributed by atoms with Crippen LogP contribution in [0.1, 0.15) is 40.0 Å². The predicted octanol–water partition coefficient (Wildman–Crippen LogP) is 0.389. The fraction of sp³-hybridized carbons (Fsp3) is 0.278. The highest BCUT2D eigenvalue weighted by molar-refractivity contribution is 6.23. The molecular formula is C18H15N3O6. The Bertz CT molecular complexity index is 902. The van der Waals surface area contributed by atoms with Crippen LogP contribution < -0.4 is 0 Å². The molecule has 1 aromatic carbocycles. The highest BCUT2D eigenvalue weighted by atomic mass is 16.4. The summed E-state index contributed by atoms with van der Waals surface area (Å²) >= 11 is 0. The van der Waals surface area contributed by atoms with Crippen LogP contribution in [0.4, 0.5) is 0 Å². The van der Waals surface area contributed by atoms with Crippen molar-refractivity contribution >= 4 is 29.6 Å². The molecule has 0 unspecified atom stereocenters. The molecule has 4 amide bonds. The molecule has 3 aliphatic heterocycles. The zero-order valence-electron chi connectivity index (χ0n) is 14.1. The summed E-state index contributed by atoms with van der Waals surface area (Å²) in [5.41, 5.74) is 0.0360. The van der Waals surface area contributed by atoms with Gasteiger partial charge in [0.2, 0.25) is 5.91 Å². The number of carbonyl (C=O) groups excluding carboxylic acids is 4. The molecule has 1 aromatic rings. The van der Waals surface area contributed by atoms with Crippen molar-refractivity contribution in [3.05, 3.63) is 47.2 Å². The minimum absolute atomic E-state index is 0.0525. The second kappa shape index (κ2) is 6.04. The number of nitrogens with zero attached hydrogens (tertiary/aromatic N) is 3. The first-order valence-corrected chi connectivity index (χ1v) is 8.46. The van der Waals surface area contributed by atoms with E-state index in [2.05, 4.69) is 0 Å². The normalized spacial score (nSPS) is 22.4. The van der Waals surface area contributed by atoms with Crippen molar-refractivity contribution in [3.63, 3.8) is 0 Å². The van der Waals surface area contributed by atoms with Crippen molar-refractivity contribution < 1.29 is 29.1 Å². The molecule has 0 saturated carbocycles. The number of imide groups is 1. The average Bonchev–Trinajstić information content (AvgIpc) is 2.84. The van der Waals surface area contributed by atoms with E-state index in [9.17, 15) is 29.1 Å². The quantitative estimate of drug-likeness (QED) is 0.754. The Labute approximate surface area is 153 Å². The minimum atomic E-state index is -1.36. The van der Waals surface area contributed by atoms with Crippen LogP contribution in [0.2, 0.25) is 0 Å². The third kappa shape index (κ3) is 2.42. The Kier molecular flexibility index (Phi) is 3.79. The third-order valence-corrected chi connectivity index (χ3v) is 4.92. The first kappa shape index (κ1) is 17.0. The van der Waals surface area contributed by atoms with E-state index in [1.165, 1.54) is 18.2 Å². The van der Waals surface area contributed by atoms with Crippen LogP contribution in [-0.4, -0.2) is 62.2 Å². The lowest BCUT2D eigenvalue weighted by molar-refractivity contribution is -0.163. The van der Waals surface area contributed by atoms with Crippen LogP contribution >= 0.6 is 0 Å². The summed E-state index contributed by atoms with van der Waals surface area (Å²) in [6.45, 7) is 0.163. The smallest absolute Gasteiger partial charge is 0.354 e. The van der Waals surface area contributed by atoms with Crippen LogP contribution in [0.3, 0.4) is 0 Å². The van der Waals surface area contributed by atoms with E-state index in [-0.39, 0.29) is 36.2 Å². The Morgan fingerprint density at radius 1 is 1.04 bits per heavy atom. The summed E-state index contributed by atoms with van der Waals surface area (Å²) in [6, 6.07) is 4.98. The van der Waals surface area contributed by atoms with Gasteiger partial charge >= 0.3 is 5.97 Å². The molecule has 0 bridgehead atoms. The monoisotopic (exact) mass is 369 g/mol. The van der Waals surface area contributed by atoms with Gasteiger partial charge < -0.3 is 5.11 Å². The number of carboxylic acid groups (broad SMARTS) is 1. The highest BCUT2D eigenvalue weighted by Gasteiger charge is 2.48. The van der Waals surface area contributed by atoms with Crippen LogP contribution in [0.5, 0.6) is 0 Å². The SMILES string of the molecule is O=C(O)C1=CCCN2C(=O)CC[C@H](N3C(=O)c4ccccc4C3=O)C(=O)N12. The largest absolute Gasteiger partial charge is 0.477 e. The number of benzene rings is 1. The lowest BCUT2D eigenvalue weighted by Gasteiger charge is -2.37. The van der Waals surface area contributed by atoms with Gasteiger partial charge in [0.25, 0.3) is 17.7 Å². The standard InChI is InChI=1S/C18H15N3O6/c22-14-8-7-12(17(25)21-13(18(26)27)6-3-9-19(14)21)20-15(23)10-4-1-2-5-11(10)16(20)24/h1-2,4-6,12H,3,7-9H2,(H,26,27)/t12-/m0/s1. The molecule has 1 saturated heterocycles. The lowest BCUT2D eigenvalue weighted by atomic mass is 10.1. The zero-order chi connectivity index (χ0) is 19.3. The van der Waals surface area contributed by atoms with Gasteiger partial charge in [-0.3, -0.25) is 24.1 Å². The molecule has 3 aliphatic rings. The fourth-order valence-corrected chi connectivity index (χ4v) is 3.68. The van der Waals surface area contributed by atoms with Crippen LogP contribution in [0, 0.1) is 0 Å². The van der Waals surface area contributed by atoms with Crippen LogP contribution in [0.15, 0.2) is 36.0 Å². The van der Waals surface area contributed by atoms with Crippen molar-refractivity contribution in [1.29, 1.82) is 0 Å².